The van der Waals surface area contributed by atoms with Gasteiger partial charge in [-0.05, 0) is 87.9 Å². The van der Waals surface area contributed by atoms with Crippen LogP contribution in [0.5, 0.6) is 0 Å². The molecule has 2 aliphatic rings. The fourth-order valence-corrected chi connectivity index (χ4v) is 4.56. The second-order valence-electron chi connectivity index (χ2n) is 10.8. The predicted octanol–water partition coefficient (Wildman–Crippen LogP) is 5.37. The normalized spacial score (nSPS) is 17.1. The molecule has 1 fully saturated rings. The molecule has 1 amide bonds. The zero-order valence-corrected chi connectivity index (χ0v) is 22.3. The molecule has 1 heterocycles. The summed E-state index contributed by atoms with van der Waals surface area (Å²) in [5, 5.41) is 4.54. The Morgan fingerprint density at radius 2 is 1.97 bits per heavy atom. The molecule has 2 aliphatic carbocycles. The molecule has 4 rings (SSSR count). The van der Waals surface area contributed by atoms with Gasteiger partial charge in [-0.2, -0.15) is 0 Å². The summed E-state index contributed by atoms with van der Waals surface area (Å²) in [7, 11) is 5.84. The summed E-state index contributed by atoms with van der Waals surface area (Å²) in [4.78, 5) is 29.5. The molecule has 0 aliphatic heterocycles. The lowest BCUT2D eigenvalue weighted by Crippen LogP contribution is -2.37. The number of hydrogen-bond donors (Lipinski definition) is 2. The lowest BCUT2D eigenvalue weighted by Gasteiger charge is -2.33. The van der Waals surface area contributed by atoms with Crippen LogP contribution in [-0.2, 0) is 9.59 Å². The Hall–Kier alpha value is -2.86. The number of amides is 1. The Labute approximate surface area is 210 Å². The largest absolute Gasteiger partial charge is 0.391 e. The van der Waals surface area contributed by atoms with Gasteiger partial charge in [-0.1, -0.05) is 26.5 Å². The molecule has 0 radical (unpaired) electrons. The lowest BCUT2D eigenvalue weighted by molar-refractivity contribution is -0.119. The van der Waals surface area contributed by atoms with Gasteiger partial charge in [0, 0.05) is 47.5 Å². The third kappa shape index (κ3) is 6.85. The summed E-state index contributed by atoms with van der Waals surface area (Å²) < 4.78 is 0. The fourth-order valence-electron chi connectivity index (χ4n) is 4.56. The number of allylic oxidation sites excluding steroid dienone is 3. The minimum absolute atomic E-state index is 0.103. The first kappa shape index (κ1) is 26.7. The van der Waals surface area contributed by atoms with Crippen LogP contribution in [0.15, 0.2) is 42.1 Å². The number of nitrogens with one attached hydrogen (secondary N) is 2. The van der Waals surface area contributed by atoms with E-state index in [9.17, 15) is 9.59 Å². The van der Waals surface area contributed by atoms with Gasteiger partial charge in [0.2, 0.25) is 5.91 Å². The van der Waals surface area contributed by atoms with E-state index in [4.69, 9.17) is 0 Å². The first-order valence-electron chi connectivity index (χ1n) is 12.7. The number of rotatable bonds is 8. The molecule has 1 aromatic heterocycles. The minimum Gasteiger partial charge on any atom is -0.391 e. The number of carbonyl (C=O) groups is 2. The van der Waals surface area contributed by atoms with Gasteiger partial charge in [0.15, 0.2) is 0 Å². The first-order valence-corrected chi connectivity index (χ1v) is 12.7. The fraction of sp³-hybridized carbons (Fsp3) is 0.517. The van der Waals surface area contributed by atoms with Crippen molar-refractivity contribution in [1.29, 1.82) is 0 Å². The Kier molecular flexibility index (Phi) is 8.60. The van der Waals surface area contributed by atoms with Crippen LogP contribution in [0.25, 0.3) is 16.5 Å². The number of hydrogen-bond acceptors (Lipinski definition) is 4. The van der Waals surface area contributed by atoms with Crippen LogP contribution in [0, 0.1) is 11.3 Å². The maximum absolute atomic E-state index is 12.6. The number of aromatic amines is 1. The van der Waals surface area contributed by atoms with Gasteiger partial charge in [-0.15, -0.1) is 0 Å². The summed E-state index contributed by atoms with van der Waals surface area (Å²) in [6, 6.07) is 8.35. The summed E-state index contributed by atoms with van der Waals surface area (Å²) in [5.41, 5.74) is 6.99. The van der Waals surface area contributed by atoms with E-state index in [1.807, 2.05) is 43.9 Å². The molecule has 1 aromatic carbocycles. The van der Waals surface area contributed by atoms with Gasteiger partial charge in [0.1, 0.15) is 6.29 Å². The smallest absolute Gasteiger partial charge is 0.241 e. The molecule has 6 heteroatoms. The first-order chi connectivity index (χ1) is 16.6. The summed E-state index contributed by atoms with van der Waals surface area (Å²) in [6.45, 7) is 12.1. The Bertz CT molecular complexity index is 1110. The number of carbonyl (C=O) groups excluding carboxylic acids is 2. The average Bonchev–Trinajstić information content (AvgIpc) is 3.56. The number of nitrogens with zero attached hydrogens (tertiary/aromatic N) is 2. The highest BCUT2D eigenvalue weighted by atomic mass is 16.2. The zero-order valence-electron chi connectivity index (χ0n) is 22.3. The summed E-state index contributed by atoms with van der Waals surface area (Å²) >= 11 is 0. The molecule has 2 N–H and O–H groups in total. The third-order valence-electron chi connectivity index (χ3n) is 6.86. The number of likely N-dealkylation sites (N-methyl/N-ethyl adjacent to an activating group) is 2. The second-order valence-corrected chi connectivity index (χ2v) is 10.8. The zero-order chi connectivity index (χ0) is 25.8. The number of aldehydes is 1. The van der Waals surface area contributed by atoms with E-state index in [-0.39, 0.29) is 5.91 Å². The van der Waals surface area contributed by atoms with Gasteiger partial charge in [0.05, 0.1) is 6.54 Å². The van der Waals surface area contributed by atoms with Crippen molar-refractivity contribution in [2.75, 3.05) is 39.1 Å². The highest BCUT2D eigenvalue weighted by molar-refractivity contribution is 5.97. The highest BCUT2D eigenvalue weighted by Crippen LogP contribution is 2.42. The van der Waals surface area contributed by atoms with Crippen molar-refractivity contribution in [1.82, 2.24) is 15.2 Å². The number of fused-ring (bicyclic) bond motifs is 1. The van der Waals surface area contributed by atoms with Crippen molar-refractivity contribution in [2.45, 2.75) is 52.9 Å². The SMILES string of the molecule is C=C(C1=C(NC)CC(C)(C)CC1)c1cc2ccc(N(CC)C(=O)CN(C)C)cc2[nH]1.O=CC1CC1. The Balaban J connectivity index is 0.000000607. The lowest BCUT2D eigenvalue weighted by atomic mass is 9.75. The average molecular weight is 479 g/mol. The van der Waals surface area contributed by atoms with Crippen molar-refractivity contribution in [2.24, 2.45) is 11.3 Å². The summed E-state index contributed by atoms with van der Waals surface area (Å²) in [6.07, 6.45) is 6.55. The molecular weight excluding hydrogens is 436 g/mol. The maximum atomic E-state index is 12.6. The van der Waals surface area contributed by atoms with Crippen molar-refractivity contribution >= 4 is 34.4 Å². The van der Waals surface area contributed by atoms with E-state index in [1.165, 1.54) is 11.3 Å². The van der Waals surface area contributed by atoms with Gasteiger partial charge in [-0.25, -0.2) is 0 Å². The van der Waals surface area contributed by atoms with Gasteiger partial charge in [0.25, 0.3) is 0 Å². The van der Waals surface area contributed by atoms with E-state index < -0.39 is 0 Å². The number of anilines is 1. The molecule has 0 saturated heterocycles. The molecule has 190 valence electrons. The number of aromatic nitrogens is 1. The minimum atomic E-state index is 0.103. The monoisotopic (exact) mass is 478 g/mol. The van der Waals surface area contributed by atoms with Gasteiger partial charge in [-0.3, -0.25) is 4.79 Å². The maximum Gasteiger partial charge on any atom is 0.241 e. The number of benzene rings is 1. The van der Waals surface area contributed by atoms with Crippen LogP contribution >= 0.6 is 0 Å². The Morgan fingerprint density at radius 3 is 2.51 bits per heavy atom. The second kappa shape index (κ2) is 11.3. The van der Waals surface area contributed by atoms with E-state index >= 15 is 0 Å². The van der Waals surface area contributed by atoms with E-state index in [0.717, 1.165) is 66.2 Å². The van der Waals surface area contributed by atoms with Crippen molar-refractivity contribution < 1.29 is 9.59 Å². The highest BCUT2D eigenvalue weighted by Gasteiger charge is 2.28. The molecule has 0 atom stereocenters. The molecule has 0 spiro atoms. The van der Waals surface area contributed by atoms with Crippen LogP contribution in [0.3, 0.4) is 0 Å². The molecular formula is C29H42N4O2. The van der Waals surface area contributed by atoms with Crippen molar-refractivity contribution in [3.8, 4) is 0 Å². The summed E-state index contributed by atoms with van der Waals surface area (Å²) in [5.74, 6) is 0.557. The molecule has 0 bridgehead atoms. The molecule has 35 heavy (non-hydrogen) atoms. The van der Waals surface area contributed by atoms with Crippen molar-refractivity contribution in [3.05, 3.63) is 47.8 Å². The molecule has 0 unspecified atom stereocenters. The predicted molar refractivity (Wildman–Crippen MR) is 146 cm³/mol. The Morgan fingerprint density at radius 1 is 1.26 bits per heavy atom. The van der Waals surface area contributed by atoms with Gasteiger partial charge >= 0.3 is 0 Å². The quantitative estimate of drug-likeness (QED) is 0.500. The van der Waals surface area contributed by atoms with Gasteiger partial charge < -0.3 is 24.9 Å². The molecule has 6 nitrogen and oxygen atoms in total. The standard InChI is InChI=1S/C25H36N4O.C4H6O/c1-8-29(24(30)16-28(6)7)19-10-9-18-13-21(27-22(18)14-19)17(2)20-11-12-25(3,4)15-23(20)26-5;5-3-4-1-2-4/h9-10,13-14,26-27H,2,8,11-12,15-16H2,1,3-7H3;3-4H,1-2H2. The van der Waals surface area contributed by atoms with E-state index in [0.29, 0.717) is 24.4 Å². The topological polar surface area (TPSA) is 68.4 Å². The van der Waals surface area contributed by atoms with Crippen LogP contribution in [0.2, 0.25) is 0 Å². The number of H-pyrrole nitrogens is 1. The van der Waals surface area contributed by atoms with Crippen molar-refractivity contribution in [3.63, 3.8) is 0 Å². The van der Waals surface area contributed by atoms with E-state index in [1.54, 1.807) is 0 Å². The third-order valence-corrected chi connectivity index (χ3v) is 6.86. The van der Waals surface area contributed by atoms with E-state index in [2.05, 4.69) is 48.9 Å². The van der Waals surface area contributed by atoms with Crippen LogP contribution in [0.4, 0.5) is 5.69 Å². The van der Waals surface area contributed by atoms with Crippen LogP contribution in [-0.4, -0.2) is 56.3 Å². The van der Waals surface area contributed by atoms with Crippen LogP contribution in [0.1, 0.15) is 58.6 Å². The molecule has 2 aromatic rings. The molecule has 1 saturated carbocycles. The van der Waals surface area contributed by atoms with Crippen LogP contribution < -0.4 is 10.2 Å².